The number of Topliss-reactive ketones (excluding diaryl/α,β-unsaturated/α-hetero) is 1. The molecule has 0 radical (unpaired) electrons. The van der Waals surface area contributed by atoms with E-state index in [1.54, 1.807) is 30.4 Å². The number of aryl methyl sites for hydroxylation is 1. The molecule has 1 saturated heterocycles. The molecule has 0 N–H and O–H groups in total. The summed E-state index contributed by atoms with van der Waals surface area (Å²) in [6.45, 7) is 3.51. The summed E-state index contributed by atoms with van der Waals surface area (Å²) in [6, 6.07) is 3.82. The smallest absolute Gasteiger partial charge is 0.257 e. The highest BCUT2D eigenvalue weighted by Crippen LogP contribution is 2.25. The van der Waals surface area contributed by atoms with Gasteiger partial charge in [0.15, 0.2) is 11.7 Å². The van der Waals surface area contributed by atoms with Crippen LogP contribution in [0.25, 0.3) is 22.2 Å². The molecule has 8 heteroatoms. The van der Waals surface area contributed by atoms with Crippen molar-refractivity contribution in [3.05, 3.63) is 42.3 Å². The number of likely N-dealkylation sites (tertiary alicyclic amines) is 1. The van der Waals surface area contributed by atoms with Gasteiger partial charge in [-0.25, -0.2) is 13.8 Å². The Labute approximate surface area is 173 Å². The van der Waals surface area contributed by atoms with Crippen LogP contribution in [0.4, 0.5) is 8.78 Å². The van der Waals surface area contributed by atoms with Gasteiger partial charge in [0, 0.05) is 49.0 Å². The van der Waals surface area contributed by atoms with Crippen LogP contribution in [0.1, 0.15) is 31.4 Å². The Bertz CT molecular complexity index is 1050. The number of halogens is 2. The summed E-state index contributed by atoms with van der Waals surface area (Å²) in [5.41, 5.74) is 2.23. The average molecular weight is 414 g/mol. The van der Waals surface area contributed by atoms with Gasteiger partial charge < -0.3 is 4.42 Å². The topological polar surface area (TPSA) is 72.1 Å². The Kier molecular flexibility index (Phi) is 5.60. The number of nitrogens with zero attached hydrogens (tertiary/aromatic N) is 4. The fourth-order valence-electron chi connectivity index (χ4n) is 3.93. The maximum Gasteiger partial charge on any atom is 0.257 e. The van der Waals surface area contributed by atoms with E-state index in [-0.39, 0.29) is 24.7 Å². The highest BCUT2D eigenvalue weighted by atomic mass is 19.3. The summed E-state index contributed by atoms with van der Waals surface area (Å²) < 4.78 is 31.9. The molecule has 0 unspecified atom stereocenters. The quantitative estimate of drug-likeness (QED) is 0.605. The van der Waals surface area contributed by atoms with E-state index in [4.69, 9.17) is 4.42 Å². The molecule has 1 fully saturated rings. The van der Waals surface area contributed by atoms with Crippen molar-refractivity contribution in [2.24, 2.45) is 5.92 Å². The molecule has 158 valence electrons. The number of ketones is 1. The lowest BCUT2D eigenvalue weighted by atomic mass is 9.90. The highest BCUT2D eigenvalue weighted by Gasteiger charge is 2.30. The van der Waals surface area contributed by atoms with Crippen molar-refractivity contribution in [1.29, 1.82) is 0 Å². The van der Waals surface area contributed by atoms with Gasteiger partial charge in [0.2, 0.25) is 0 Å². The molecule has 3 aromatic rings. The third-order valence-electron chi connectivity index (χ3n) is 5.43. The zero-order chi connectivity index (χ0) is 21.3. The van der Waals surface area contributed by atoms with E-state index >= 15 is 0 Å². The van der Waals surface area contributed by atoms with E-state index in [1.165, 1.54) is 0 Å². The number of alkyl halides is 2. The van der Waals surface area contributed by atoms with Gasteiger partial charge in [0.25, 0.3) is 5.92 Å². The number of fused-ring (bicyclic) bond motifs is 1. The number of piperidine rings is 1. The fourth-order valence-corrected chi connectivity index (χ4v) is 3.93. The molecule has 0 aliphatic carbocycles. The number of carbonyl (C=O) groups is 1. The van der Waals surface area contributed by atoms with Crippen LogP contribution in [0.2, 0.25) is 0 Å². The third-order valence-corrected chi connectivity index (χ3v) is 5.43. The largest absolute Gasteiger partial charge is 0.441 e. The van der Waals surface area contributed by atoms with Gasteiger partial charge in [0.05, 0.1) is 24.5 Å². The van der Waals surface area contributed by atoms with E-state index in [0.29, 0.717) is 43.3 Å². The van der Waals surface area contributed by atoms with Gasteiger partial charge in [-0.1, -0.05) is 0 Å². The number of hydrogen-bond acceptors (Lipinski definition) is 6. The van der Waals surface area contributed by atoms with Crippen LogP contribution in [0.3, 0.4) is 0 Å². The number of hydrogen-bond donors (Lipinski definition) is 0. The lowest BCUT2D eigenvalue weighted by Crippen LogP contribution is -2.42. The first kappa shape index (κ1) is 20.5. The Morgan fingerprint density at radius 3 is 2.60 bits per heavy atom. The minimum atomic E-state index is -2.71. The second kappa shape index (κ2) is 8.18. The summed E-state index contributed by atoms with van der Waals surface area (Å²) >= 11 is 0. The van der Waals surface area contributed by atoms with Crippen LogP contribution in [0.5, 0.6) is 0 Å². The Balaban J connectivity index is 1.43. The van der Waals surface area contributed by atoms with Crippen molar-refractivity contribution in [2.45, 2.75) is 39.0 Å². The summed E-state index contributed by atoms with van der Waals surface area (Å²) in [5.74, 6) is -1.48. The summed E-state index contributed by atoms with van der Waals surface area (Å²) in [4.78, 5) is 27.4. The molecule has 3 aromatic heterocycles. The van der Waals surface area contributed by atoms with Crippen molar-refractivity contribution < 1.29 is 18.0 Å². The number of carbonyl (C=O) groups excluding carboxylic acids is 1. The van der Waals surface area contributed by atoms with Crippen molar-refractivity contribution in [1.82, 2.24) is 19.9 Å². The van der Waals surface area contributed by atoms with Gasteiger partial charge in [-0.15, -0.1) is 0 Å². The van der Waals surface area contributed by atoms with Crippen LogP contribution in [0, 0.1) is 12.8 Å². The molecule has 4 heterocycles. The first-order valence-corrected chi connectivity index (χ1v) is 10.1. The van der Waals surface area contributed by atoms with Crippen LogP contribution < -0.4 is 0 Å². The Morgan fingerprint density at radius 2 is 1.93 bits per heavy atom. The van der Waals surface area contributed by atoms with E-state index in [9.17, 15) is 13.6 Å². The molecule has 0 spiro atoms. The van der Waals surface area contributed by atoms with Crippen molar-refractivity contribution in [3.63, 3.8) is 0 Å². The molecule has 0 atom stereocenters. The number of oxazole rings is 1. The normalized spacial score (nSPS) is 16.3. The highest BCUT2D eigenvalue weighted by molar-refractivity contribution is 5.86. The molecular weight excluding hydrogens is 390 g/mol. The second-order valence-electron chi connectivity index (χ2n) is 8.10. The number of rotatable bonds is 6. The van der Waals surface area contributed by atoms with Crippen LogP contribution in [-0.2, 0) is 11.2 Å². The second-order valence-corrected chi connectivity index (χ2v) is 8.10. The van der Waals surface area contributed by atoms with Gasteiger partial charge in [-0.3, -0.25) is 19.7 Å². The molecule has 1 aliphatic rings. The van der Waals surface area contributed by atoms with E-state index in [2.05, 4.69) is 15.0 Å². The molecule has 4 rings (SSSR count). The van der Waals surface area contributed by atoms with Crippen LogP contribution in [-0.4, -0.2) is 51.2 Å². The molecule has 6 nitrogen and oxygen atoms in total. The molecule has 0 amide bonds. The Hall–Kier alpha value is -2.74. The zero-order valence-corrected chi connectivity index (χ0v) is 17.1. The molecule has 1 aliphatic heterocycles. The number of aromatic nitrogens is 3. The third kappa shape index (κ3) is 4.87. The van der Waals surface area contributed by atoms with Gasteiger partial charge >= 0.3 is 0 Å². The molecule has 0 bridgehead atoms. The molecular formula is C22H24F2N4O2. The standard InChI is InChI=1S/C22H24F2N4O2/c1-14-25-12-21(30-14)17-7-16-8-18(26-11-19(16)27-10-17)9-20(29)15-3-5-28(6-4-15)13-22(2,23)24/h7-8,10-12,15H,3-6,9,13H2,1-2H3. The minimum absolute atomic E-state index is 0.106. The van der Waals surface area contributed by atoms with Gasteiger partial charge in [-0.2, -0.15) is 0 Å². The Morgan fingerprint density at radius 1 is 1.17 bits per heavy atom. The van der Waals surface area contributed by atoms with Crippen molar-refractivity contribution >= 4 is 16.7 Å². The lowest BCUT2D eigenvalue weighted by molar-refractivity contribution is -0.124. The number of pyridine rings is 2. The van der Waals surface area contributed by atoms with Crippen molar-refractivity contribution in [3.8, 4) is 11.3 Å². The van der Waals surface area contributed by atoms with Crippen LogP contribution >= 0.6 is 0 Å². The monoisotopic (exact) mass is 414 g/mol. The summed E-state index contributed by atoms with van der Waals surface area (Å²) in [6.07, 6.45) is 6.49. The molecule has 30 heavy (non-hydrogen) atoms. The maximum absolute atomic E-state index is 13.2. The van der Waals surface area contributed by atoms with Gasteiger partial charge in [-0.05, 0) is 38.1 Å². The van der Waals surface area contributed by atoms with Crippen molar-refractivity contribution in [2.75, 3.05) is 19.6 Å². The van der Waals surface area contributed by atoms with Gasteiger partial charge in [0.1, 0.15) is 5.78 Å². The first-order chi connectivity index (χ1) is 14.3. The average Bonchev–Trinajstić information content (AvgIpc) is 3.13. The molecule has 0 aromatic carbocycles. The minimum Gasteiger partial charge on any atom is -0.441 e. The predicted octanol–water partition coefficient (Wildman–Crippen LogP) is 4.07. The summed E-state index contributed by atoms with van der Waals surface area (Å²) in [7, 11) is 0. The molecule has 0 saturated carbocycles. The fraction of sp³-hybridized carbons (Fsp3) is 0.455. The SMILES string of the molecule is Cc1ncc(-c2cnc3cnc(CC(=O)C4CCN(CC(C)(F)F)CC4)cc3c2)o1. The lowest BCUT2D eigenvalue weighted by Gasteiger charge is -2.32. The first-order valence-electron chi connectivity index (χ1n) is 10.1. The van der Waals surface area contributed by atoms with E-state index in [1.807, 2.05) is 12.1 Å². The van der Waals surface area contributed by atoms with Crippen LogP contribution in [0.15, 0.2) is 35.1 Å². The van der Waals surface area contributed by atoms with E-state index in [0.717, 1.165) is 23.4 Å². The van der Waals surface area contributed by atoms with E-state index < -0.39 is 5.92 Å². The maximum atomic E-state index is 13.2. The zero-order valence-electron chi connectivity index (χ0n) is 17.1. The predicted molar refractivity (Wildman–Crippen MR) is 108 cm³/mol. The summed E-state index contributed by atoms with van der Waals surface area (Å²) in [5, 5.41) is 0.874.